The topological polar surface area (TPSA) is 93.2 Å². The van der Waals surface area contributed by atoms with Crippen LogP contribution in [0.5, 0.6) is 11.5 Å². The van der Waals surface area contributed by atoms with Crippen molar-refractivity contribution in [3.8, 4) is 11.5 Å². The molecule has 1 saturated heterocycles. The summed E-state index contributed by atoms with van der Waals surface area (Å²) in [5.41, 5.74) is 0.795. The van der Waals surface area contributed by atoms with E-state index in [1.54, 1.807) is 28.9 Å². The Hall–Kier alpha value is -2.14. The molecule has 8 nitrogen and oxygen atoms in total. The van der Waals surface area contributed by atoms with Gasteiger partial charge in [0.1, 0.15) is 0 Å². The maximum atomic E-state index is 14.1. The quantitative estimate of drug-likeness (QED) is 0.373. The van der Waals surface area contributed by atoms with E-state index in [-0.39, 0.29) is 34.3 Å². The van der Waals surface area contributed by atoms with Gasteiger partial charge >= 0.3 is 0 Å². The molecule has 39 heavy (non-hydrogen) atoms. The van der Waals surface area contributed by atoms with Crippen LogP contribution >= 0.6 is 0 Å². The Kier molecular flexibility index (Phi) is 9.62. The Balaban J connectivity index is 1.67. The average Bonchev–Trinajstić information content (AvgIpc) is 2.96. The van der Waals surface area contributed by atoms with Gasteiger partial charge in [-0.3, -0.25) is 0 Å². The maximum absolute atomic E-state index is 14.1. The number of rotatable bonds is 10. The highest BCUT2D eigenvalue weighted by Crippen LogP contribution is 2.35. The fourth-order valence-electron chi connectivity index (χ4n) is 6.02. The van der Waals surface area contributed by atoms with Gasteiger partial charge in [0.05, 0.1) is 24.0 Å². The molecule has 216 valence electrons. The standard InChI is InChI=1S/C29H42N2O6S2/c1-5-24-11-8-9-19-30(24)38(32,33)25-14-16-26(17-15-25)39(34,35)31(27-12-7-6-10-22(27)2)21-23-13-18-28(36-3)29(20-23)37-4/h13-18,20,22,24,27H,5-12,19,21H2,1-4H3/t22-,24-,27+/m1/s1. The summed E-state index contributed by atoms with van der Waals surface area (Å²) in [6, 6.07) is 11.1. The van der Waals surface area contributed by atoms with Crippen LogP contribution in [0.25, 0.3) is 0 Å². The van der Waals surface area contributed by atoms with Crippen LogP contribution in [-0.4, -0.2) is 58.3 Å². The van der Waals surface area contributed by atoms with Crippen LogP contribution in [0.1, 0.15) is 70.8 Å². The molecule has 0 amide bonds. The van der Waals surface area contributed by atoms with Crippen molar-refractivity contribution in [1.82, 2.24) is 8.61 Å². The Bertz CT molecular complexity index is 1330. The fourth-order valence-corrected chi connectivity index (χ4v) is 9.52. The minimum atomic E-state index is -3.92. The molecule has 4 rings (SSSR count). The van der Waals surface area contributed by atoms with Crippen molar-refractivity contribution in [2.24, 2.45) is 5.92 Å². The van der Waals surface area contributed by atoms with E-state index in [9.17, 15) is 16.8 Å². The first-order valence-electron chi connectivity index (χ1n) is 14.0. The second-order valence-corrected chi connectivity index (χ2v) is 14.5. The number of sulfonamides is 2. The van der Waals surface area contributed by atoms with Crippen molar-refractivity contribution in [2.75, 3.05) is 20.8 Å². The zero-order valence-electron chi connectivity index (χ0n) is 23.5. The molecule has 2 aromatic carbocycles. The van der Waals surface area contributed by atoms with Crippen molar-refractivity contribution in [2.45, 2.75) is 93.6 Å². The second-order valence-electron chi connectivity index (χ2n) is 10.7. The van der Waals surface area contributed by atoms with E-state index < -0.39 is 20.0 Å². The number of hydrogen-bond donors (Lipinski definition) is 0. The number of methoxy groups -OCH3 is 2. The fraction of sp³-hybridized carbons (Fsp3) is 0.586. The maximum Gasteiger partial charge on any atom is 0.243 e. The van der Waals surface area contributed by atoms with Gasteiger partial charge in [-0.2, -0.15) is 8.61 Å². The molecule has 10 heteroatoms. The third-order valence-electron chi connectivity index (χ3n) is 8.30. The third-order valence-corrected chi connectivity index (χ3v) is 12.2. The van der Waals surface area contributed by atoms with Gasteiger partial charge < -0.3 is 9.47 Å². The lowest BCUT2D eigenvalue weighted by Crippen LogP contribution is -2.44. The molecular weight excluding hydrogens is 536 g/mol. The molecule has 1 heterocycles. The number of benzene rings is 2. The lowest BCUT2D eigenvalue weighted by Gasteiger charge is -2.38. The van der Waals surface area contributed by atoms with E-state index in [0.29, 0.717) is 18.0 Å². The molecule has 3 atom stereocenters. The molecule has 2 aliphatic rings. The number of nitrogens with zero attached hydrogens (tertiary/aromatic N) is 2. The predicted octanol–water partition coefficient (Wildman–Crippen LogP) is 5.43. The summed E-state index contributed by atoms with van der Waals surface area (Å²) in [5.74, 6) is 1.33. The highest BCUT2D eigenvalue weighted by molar-refractivity contribution is 7.89. The van der Waals surface area contributed by atoms with E-state index >= 15 is 0 Å². The summed E-state index contributed by atoms with van der Waals surface area (Å²) in [6.45, 7) is 4.80. The van der Waals surface area contributed by atoms with Crippen molar-refractivity contribution >= 4 is 20.0 Å². The van der Waals surface area contributed by atoms with Gasteiger partial charge in [-0.05, 0) is 80.0 Å². The van der Waals surface area contributed by atoms with Crippen LogP contribution in [0.4, 0.5) is 0 Å². The van der Waals surface area contributed by atoms with E-state index in [0.717, 1.165) is 56.9 Å². The lowest BCUT2D eigenvalue weighted by atomic mass is 9.86. The Morgan fingerprint density at radius 2 is 1.49 bits per heavy atom. The van der Waals surface area contributed by atoms with E-state index in [2.05, 4.69) is 6.92 Å². The summed E-state index contributed by atoms with van der Waals surface area (Å²) >= 11 is 0. The van der Waals surface area contributed by atoms with E-state index in [1.165, 1.54) is 24.3 Å². The normalized spacial score (nSPS) is 23.1. The molecule has 0 radical (unpaired) electrons. The van der Waals surface area contributed by atoms with Gasteiger partial charge in [0.2, 0.25) is 20.0 Å². The summed E-state index contributed by atoms with van der Waals surface area (Å²) in [5, 5.41) is 0. The highest BCUT2D eigenvalue weighted by atomic mass is 32.2. The van der Waals surface area contributed by atoms with E-state index in [1.807, 2.05) is 19.1 Å². The Labute approximate surface area is 234 Å². The molecule has 2 fully saturated rings. The first kappa shape index (κ1) is 29.8. The van der Waals surface area contributed by atoms with Crippen LogP contribution in [-0.2, 0) is 26.6 Å². The third kappa shape index (κ3) is 6.29. The minimum Gasteiger partial charge on any atom is -0.493 e. The first-order valence-corrected chi connectivity index (χ1v) is 16.9. The lowest BCUT2D eigenvalue weighted by molar-refractivity contribution is 0.185. The zero-order chi connectivity index (χ0) is 28.2. The highest BCUT2D eigenvalue weighted by Gasteiger charge is 2.37. The smallest absolute Gasteiger partial charge is 0.243 e. The molecular formula is C29H42N2O6S2. The largest absolute Gasteiger partial charge is 0.493 e. The van der Waals surface area contributed by atoms with Crippen LogP contribution < -0.4 is 9.47 Å². The second kappa shape index (κ2) is 12.6. The van der Waals surface area contributed by atoms with Gasteiger partial charge in [0.25, 0.3) is 0 Å². The first-order chi connectivity index (χ1) is 18.6. The summed E-state index contributed by atoms with van der Waals surface area (Å²) in [6.07, 6.45) is 7.29. The van der Waals surface area contributed by atoms with Crippen molar-refractivity contribution in [3.63, 3.8) is 0 Å². The van der Waals surface area contributed by atoms with Crippen LogP contribution in [0.15, 0.2) is 52.3 Å². The monoisotopic (exact) mass is 578 g/mol. The predicted molar refractivity (Wildman–Crippen MR) is 152 cm³/mol. The molecule has 1 saturated carbocycles. The van der Waals surface area contributed by atoms with Crippen molar-refractivity contribution in [1.29, 1.82) is 0 Å². The molecule has 0 N–H and O–H groups in total. The van der Waals surface area contributed by atoms with Gasteiger partial charge in [-0.1, -0.05) is 39.2 Å². The van der Waals surface area contributed by atoms with Gasteiger partial charge in [0, 0.05) is 25.2 Å². The van der Waals surface area contributed by atoms with Gasteiger partial charge in [-0.15, -0.1) is 0 Å². The molecule has 0 aromatic heterocycles. The number of piperidine rings is 1. The van der Waals surface area contributed by atoms with Gasteiger partial charge in [0.15, 0.2) is 11.5 Å². The summed E-state index contributed by atoms with van der Waals surface area (Å²) < 4.78 is 69.1. The molecule has 2 aromatic rings. The molecule has 1 aliphatic carbocycles. The number of ether oxygens (including phenoxy) is 2. The summed E-state index contributed by atoms with van der Waals surface area (Å²) in [7, 11) is -4.49. The van der Waals surface area contributed by atoms with Crippen LogP contribution in [0.2, 0.25) is 0 Å². The molecule has 0 unspecified atom stereocenters. The molecule has 0 bridgehead atoms. The van der Waals surface area contributed by atoms with Crippen LogP contribution in [0, 0.1) is 5.92 Å². The summed E-state index contributed by atoms with van der Waals surface area (Å²) in [4.78, 5) is 0.240. The molecule has 0 spiro atoms. The van der Waals surface area contributed by atoms with E-state index in [4.69, 9.17) is 9.47 Å². The zero-order valence-corrected chi connectivity index (χ0v) is 25.1. The van der Waals surface area contributed by atoms with Crippen molar-refractivity contribution in [3.05, 3.63) is 48.0 Å². The van der Waals surface area contributed by atoms with Crippen molar-refractivity contribution < 1.29 is 26.3 Å². The van der Waals surface area contributed by atoms with Crippen LogP contribution in [0.3, 0.4) is 0 Å². The molecule has 1 aliphatic heterocycles. The number of hydrogen-bond acceptors (Lipinski definition) is 6. The SMILES string of the molecule is CC[C@@H]1CCCCN1S(=O)(=O)c1ccc(S(=O)(=O)N(Cc2ccc(OC)c(OC)c2)[C@H]2CCCC[C@H]2C)cc1. The van der Waals surface area contributed by atoms with Gasteiger partial charge in [-0.25, -0.2) is 16.8 Å². The Morgan fingerprint density at radius 1 is 0.846 bits per heavy atom. The minimum absolute atomic E-state index is 0.0167. The Morgan fingerprint density at radius 3 is 2.13 bits per heavy atom. The average molecular weight is 579 g/mol.